The third kappa shape index (κ3) is 4.49. The van der Waals surface area contributed by atoms with Gasteiger partial charge in [0.15, 0.2) is 0 Å². The molecule has 0 spiro atoms. The summed E-state index contributed by atoms with van der Waals surface area (Å²) in [5.74, 6) is 12.7. The van der Waals surface area contributed by atoms with Crippen LogP contribution in [0.3, 0.4) is 0 Å². The Hall–Kier alpha value is -1.48. The highest BCUT2D eigenvalue weighted by molar-refractivity contribution is 7.10. The van der Waals surface area contributed by atoms with Gasteiger partial charge in [0.05, 0.1) is 9.75 Å². The van der Waals surface area contributed by atoms with E-state index in [0.717, 1.165) is 29.0 Å². The van der Waals surface area contributed by atoms with E-state index < -0.39 is 0 Å². The fourth-order valence-electron chi connectivity index (χ4n) is 1.26. The molecule has 2 heteroatoms. The first-order valence-corrected chi connectivity index (χ1v) is 7.26. The molecule has 0 aliphatic heterocycles. The molecule has 2 rings (SSSR count). The molecule has 2 heterocycles. The van der Waals surface area contributed by atoms with E-state index in [2.05, 4.69) is 34.4 Å². The van der Waals surface area contributed by atoms with E-state index in [0.29, 0.717) is 0 Å². The van der Waals surface area contributed by atoms with Crippen LogP contribution in [0.25, 0.3) is 0 Å². The lowest BCUT2D eigenvalue weighted by molar-refractivity contribution is 0.903. The van der Waals surface area contributed by atoms with E-state index >= 15 is 0 Å². The maximum atomic E-state index is 3.18. The third-order valence-electron chi connectivity index (χ3n) is 2.07. The molecule has 0 saturated carbocycles. The van der Waals surface area contributed by atoms with Gasteiger partial charge in [-0.05, 0) is 29.3 Å². The van der Waals surface area contributed by atoms with E-state index in [1.807, 2.05) is 24.3 Å². The highest BCUT2D eigenvalue weighted by Crippen LogP contribution is 2.07. The zero-order valence-corrected chi connectivity index (χ0v) is 11.0. The van der Waals surface area contributed by atoms with E-state index in [4.69, 9.17) is 0 Å². The fourth-order valence-corrected chi connectivity index (χ4v) is 2.45. The molecule has 2 aromatic heterocycles. The molecule has 0 aliphatic carbocycles. The normalized spacial score (nSPS) is 8.94. The van der Waals surface area contributed by atoms with Gasteiger partial charge in [-0.25, -0.2) is 0 Å². The lowest BCUT2D eigenvalue weighted by Gasteiger charge is -1.84. The molecule has 84 valence electrons. The third-order valence-corrected chi connectivity index (χ3v) is 3.64. The molecule has 0 bridgehead atoms. The highest BCUT2D eigenvalue weighted by atomic mass is 32.1. The first kappa shape index (κ1) is 12.0. The summed E-state index contributed by atoms with van der Waals surface area (Å²) in [6.07, 6.45) is 2.91. The Morgan fingerprint density at radius 2 is 1.35 bits per heavy atom. The Balaban J connectivity index is 1.67. The summed E-state index contributed by atoms with van der Waals surface area (Å²) in [6.45, 7) is 0. The van der Waals surface area contributed by atoms with Gasteiger partial charge < -0.3 is 0 Å². The fraction of sp³-hybridized carbons (Fsp3) is 0.200. The van der Waals surface area contributed by atoms with Crippen LogP contribution in [-0.4, -0.2) is 0 Å². The Bertz CT molecular complexity index is 487. The van der Waals surface area contributed by atoms with Crippen molar-refractivity contribution in [1.29, 1.82) is 0 Å². The minimum Gasteiger partial charge on any atom is -0.135 e. The predicted molar refractivity (Wildman–Crippen MR) is 76.2 cm³/mol. The highest BCUT2D eigenvalue weighted by Gasteiger charge is 1.85. The monoisotopic (exact) mass is 256 g/mol. The van der Waals surface area contributed by atoms with Gasteiger partial charge in [-0.2, -0.15) is 0 Å². The van der Waals surface area contributed by atoms with Gasteiger partial charge in [0, 0.05) is 12.8 Å². The van der Waals surface area contributed by atoms with Gasteiger partial charge >= 0.3 is 0 Å². The van der Waals surface area contributed by atoms with E-state index in [-0.39, 0.29) is 0 Å². The SMILES string of the molecule is C(#Cc1cccs1)CCCC#Cc1cccs1. The number of hydrogen-bond acceptors (Lipinski definition) is 2. The molecule has 2 aromatic rings. The number of rotatable bonds is 2. The molecule has 0 aromatic carbocycles. The van der Waals surface area contributed by atoms with Crippen molar-refractivity contribution in [3.63, 3.8) is 0 Å². The number of hydrogen-bond donors (Lipinski definition) is 0. The van der Waals surface area contributed by atoms with E-state index in [9.17, 15) is 0 Å². The summed E-state index contributed by atoms with van der Waals surface area (Å²) in [6, 6.07) is 8.16. The molecule has 0 radical (unpaired) electrons. The minimum absolute atomic E-state index is 0.928. The van der Waals surface area contributed by atoms with Gasteiger partial charge in [-0.15, -0.1) is 22.7 Å². The Morgan fingerprint density at radius 1 is 0.824 bits per heavy atom. The summed E-state index contributed by atoms with van der Waals surface area (Å²) in [4.78, 5) is 2.30. The standard InChI is InChI=1S/C15H12S2/c1(2-4-8-14-10-6-12-16-14)3-5-9-15-11-7-13-17-15/h6-7,10-13H,1-3H2. The summed E-state index contributed by atoms with van der Waals surface area (Å²) < 4.78 is 0. The largest absolute Gasteiger partial charge is 0.135 e. The first-order chi connectivity index (χ1) is 8.45. The second kappa shape index (κ2) is 6.97. The molecule has 0 unspecified atom stereocenters. The summed E-state index contributed by atoms with van der Waals surface area (Å²) in [7, 11) is 0. The summed E-state index contributed by atoms with van der Waals surface area (Å²) >= 11 is 3.38. The molecular formula is C15H12S2. The number of thiophene rings is 2. The molecule has 0 saturated heterocycles. The maximum Gasteiger partial charge on any atom is 0.0768 e. The van der Waals surface area contributed by atoms with Crippen LogP contribution in [0.5, 0.6) is 0 Å². The van der Waals surface area contributed by atoms with Crippen LogP contribution in [0.2, 0.25) is 0 Å². The van der Waals surface area contributed by atoms with Crippen LogP contribution in [0.15, 0.2) is 35.0 Å². The van der Waals surface area contributed by atoms with Crippen LogP contribution in [0.1, 0.15) is 29.0 Å². The van der Waals surface area contributed by atoms with Crippen molar-refractivity contribution in [3.8, 4) is 23.7 Å². The molecule has 0 N–H and O–H groups in total. The lowest BCUT2D eigenvalue weighted by Crippen LogP contribution is -1.71. The van der Waals surface area contributed by atoms with Crippen molar-refractivity contribution in [2.24, 2.45) is 0 Å². The summed E-state index contributed by atoms with van der Waals surface area (Å²) in [5.41, 5.74) is 0. The molecule has 0 atom stereocenters. The van der Waals surface area contributed by atoms with E-state index in [1.54, 1.807) is 22.7 Å². The molecule has 17 heavy (non-hydrogen) atoms. The first-order valence-electron chi connectivity index (χ1n) is 5.50. The Labute approximate surface area is 110 Å². The molecule has 0 nitrogen and oxygen atoms in total. The van der Waals surface area contributed by atoms with Crippen LogP contribution in [0.4, 0.5) is 0 Å². The van der Waals surface area contributed by atoms with Crippen molar-refractivity contribution >= 4 is 22.7 Å². The molecule has 0 fully saturated rings. The van der Waals surface area contributed by atoms with Gasteiger partial charge in [0.1, 0.15) is 0 Å². The van der Waals surface area contributed by atoms with Crippen molar-refractivity contribution in [3.05, 3.63) is 44.8 Å². The van der Waals surface area contributed by atoms with Gasteiger partial charge in [-0.1, -0.05) is 35.8 Å². The zero-order valence-electron chi connectivity index (χ0n) is 9.40. The smallest absolute Gasteiger partial charge is 0.0768 e. The van der Waals surface area contributed by atoms with Crippen LogP contribution in [-0.2, 0) is 0 Å². The van der Waals surface area contributed by atoms with E-state index in [1.165, 1.54) is 0 Å². The molecular weight excluding hydrogens is 244 g/mol. The maximum absolute atomic E-state index is 3.18. The lowest BCUT2D eigenvalue weighted by atomic mass is 10.2. The van der Waals surface area contributed by atoms with Crippen LogP contribution >= 0.6 is 22.7 Å². The van der Waals surface area contributed by atoms with Gasteiger partial charge in [0.25, 0.3) is 0 Å². The quantitative estimate of drug-likeness (QED) is 0.552. The van der Waals surface area contributed by atoms with Crippen molar-refractivity contribution in [1.82, 2.24) is 0 Å². The average molecular weight is 256 g/mol. The second-order valence-corrected chi connectivity index (χ2v) is 5.31. The summed E-state index contributed by atoms with van der Waals surface area (Å²) in [5, 5.41) is 4.10. The van der Waals surface area contributed by atoms with Crippen molar-refractivity contribution in [2.45, 2.75) is 19.3 Å². The van der Waals surface area contributed by atoms with Crippen molar-refractivity contribution in [2.75, 3.05) is 0 Å². The Morgan fingerprint density at radius 3 is 1.76 bits per heavy atom. The molecule has 0 aliphatic rings. The topological polar surface area (TPSA) is 0 Å². The van der Waals surface area contributed by atoms with Crippen molar-refractivity contribution < 1.29 is 0 Å². The minimum atomic E-state index is 0.928. The van der Waals surface area contributed by atoms with Gasteiger partial charge in [-0.3, -0.25) is 0 Å². The Kier molecular flexibility index (Phi) is 4.91. The van der Waals surface area contributed by atoms with Gasteiger partial charge in [0.2, 0.25) is 0 Å². The average Bonchev–Trinajstić information content (AvgIpc) is 3.00. The molecule has 0 amide bonds. The predicted octanol–water partition coefficient (Wildman–Crippen LogP) is 4.38. The number of unbranched alkanes of at least 4 members (excludes halogenated alkanes) is 2. The second-order valence-electron chi connectivity index (χ2n) is 3.41. The van der Waals surface area contributed by atoms with Crippen LogP contribution in [0, 0.1) is 23.7 Å². The van der Waals surface area contributed by atoms with Crippen LogP contribution < -0.4 is 0 Å². The zero-order chi connectivity index (χ0) is 11.8.